The molecule has 1 heterocycles. The van der Waals surface area contributed by atoms with Crippen molar-refractivity contribution < 1.29 is 4.74 Å². The average molecular weight is 268 g/mol. The average Bonchev–Trinajstić information content (AvgIpc) is 2.19. The first-order valence-corrected chi connectivity index (χ1v) is 7.26. The van der Waals surface area contributed by atoms with E-state index >= 15 is 0 Å². The highest BCUT2D eigenvalue weighted by molar-refractivity contribution is 9.09. The van der Waals surface area contributed by atoms with Gasteiger partial charge in [0, 0.05) is 17.9 Å². The largest absolute Gasteiger partial charge is 0.378 e. The molecule has 1 aliphatic rings. The van der Waals surface area contributed by atoms with Crippen molar-refractivity contribution in [1.29, 1.82) is 0 Å². The molecule has 78 valence electrons. The molecule has 1 fully saturated rings. The third-order valence-corrected chi connectivity index (χ3v) is 3.77. The second-order valence-corrected chi connectivity index (χ2v) is 4.90. The molecule has 1 rings (SSSR count). The Morgan fingerprint density at radius 2 is 2.46 bits per heavy atom. The lowest BCUT2D eigenvalue weighted by molar-refractivity contribution is 0.00226. The number of alkyl halides is 1. The molecule has 1 saturated heterocycles. The van der Waals surface area contributed by atoms with Crippen LogP contribution in [0.3, 0.4) is 0 Å². The first-order chi connectivity index (χ1) is 6.38. The van der Waals surface area contributed by atoms with Crippen molar-refractivity contribution >= 4 is 27.7 Å². The Labute approximate surface area is 93.5 Å². The summed E-state index contributed by atoms with van der Waals surface area (Å²) in [6.07, 6.45) is 3.46. The van der Waals surface area contributed by atoms with E-state index in [1.54, 1.807) is 0 Å². The van der Waals surface area contributed by atoms with Crippen molar-refractivity contribution in [2.75, 3.05) is 43.6 Å². The maximum absolute atomic E-state index is 5.43. The van der Waals surface area contributed by atoms with E-state index in [9.17, 15) is 0 Å². The van der Waals surface area contributed by atoms with Crippen LogP contribution in [0.25, 0.3) is 0 Å². The molecule has 0 spiro atoms. The van der Waals surface area contributed by atoms with Crippen molar-refractivity contribution in [1.82, 2.24) is 4.90 Å². The molecule has 0 amide bonds. The fourth-order valence-electron chi connectivity index (χ4n) is 1.54. The molecule has 4 heteroatoms. The molecule has 2 nitrogen and oxygen atoms in total. The lowest BCUT2D eigenvalue weighted by atomic mass is 10.2. The Hall–Kier alpha value is 0.750. The predicted octanol–water partition coefficient (Wildman–Crippen LogP) is 1.84. The van der Waals surface area contributed by atoms with E-state index in [-0.39, 0.29) is 0 Å². The molecule has 0 bridgehead atoms. The summed E-state index contributed by atoms with van der Waals surface area (Å²) < 4.78 is 5.43. The number of thioether (sulfide) groups is 1. The smallest absolute Gasteiger partial charge is 0.0630 e. The van der Waals surface area contributed by atoms with Gasteiger partial charge in [0.05, 0.1) is 13.2 Å². The molecule has 0 aromatic rings. The zero-order valence-electron chi connectivity index (χ0n) is 8.17. The normalized spacial score (nSPS) is 24.9. The highest BCUT2D eigenvalue weighted by Crippen LogP contribution is 2.10. The minimum absolute atomic E-state index is 0.593. The van der Waals surface area contributed by atoms with Crippen molar-refractivity contribution in [3.63, 3.8) is 0 Å². The van der Waals surface area contributed by atoms with Crippen LogP contribution in [0.2, 0.25) is 0 Å². The maximum atomic E-state index is 5.43. The summed E-state index contributed by atoms with van der Waals surface area (Å²) in [6.45, 7) is 4.12. The summed E-state index contributed by atoms with van der Waals surface area (Å²) in [6, 6.07) is 0.593. The van der Waals surface area contributed by atoms with Crippen molar-refractivity contribution in [2.45, 2.75) is 12.5 Å². The van der Waals surface area contributed by atoms with Crippen molar-refractivity contribution in [3.8, 4) is 0 Å². The summed E-state index contributed by atoms with van der Waals surface area (Å²) >= 11 is 5.46. The zero-order valence-corrected chi connectivity index (χ0v) is 10.6. The molecular weight excluding hydrogens is 250 g/mol. The van der Waals surface area contributed by atoms with Gasteiger partial charge in [0.2, 0.25) is 0 Å². The lowest BCUT2D eigenvalue weighted by Crippen LogP contribution is -2.46. The second-order valence-electron chi connectivity index (χ2n) is 3.27. The Kier molecular flexibility index (Phi) is 6.45. The van der Waals surface area contributed by atoms with E-state index in [0.717, 1.165) is 25.1 Å². The SMILES string of the molecule is CSCCCN1CCOCC1CBr. The van der Waals surface area contributed by atoms with Crippen LogP contribution in [-0.2, 0) is 4.74 Å². The lowest BCUT2D eigenvalue weighted by Gasteiger charge is -2.34. The summed E-state index contributed by atoms with van der Waals surface area (Å²) in [4.78, 5) is 2.54. The summed E-state index contributed by atoms with van der Waals surface area (Å²) in [7, 11) is 0. The van der Waals surface area contributed by atoms with Crippen molar-refractivity contribution in [3.05, 3.63) is 0 Å². The molecule has 1 atom stereocenters. The van der Waals surface area contributed by atoms with E-state index in [4.69, 9.17) is 4.74 Å². The number of hydrogen-bond donors (Lipinski definition) is 0. The van der Waals surface area contributed by atoms with Crippen LogP contribution >= 0.6 is 27.7 Å². The Morgan fingerprint density at radius 3 is 3.15 bits per heavy atom. The number of ether oxygens (including phenoxy) is 1. The third-order valence-electron chi connectivity index (χ3n) is 2.32. The molecule has 0 saturated carbocycles. The first-order valence-electron chi connectivity index (χ1n) is 4.75. The molecule has 0 aliphatic carbocycles. The van der Waals surface area contributed by atoms with Gasteiger partial charge in [0.25, 0.3) is 0 Å². The van der Waals surface area contributed by atoms with E-state index < -0.39 is 0 Å². The number of halogens is 1. The van der Waals surface area contributed by atoms with Crippen LogP contribution < -0.4 is 0 Å². The third kappa shape index (κ3) is 4.19. The summed E-state index contributed by atoms with van der Waals surface area (Å²) in [5.41, 5.74) is 0. The molecule has 0 N–H and O–H groups in total. The molecular formula is C9H18BrNOS. The Balaban J connectivity index is 2.19. The number of nitrogens with zero attached hydrogens (tertiary/aromatic N) is 1. The fraction of sp³-hybridized carbons (Fsp3) is 1.00. The van der Waals surface area contributed by atoms with E-state index in [2.05, 4.69) is 27.1 Å². The van der Waals surface area contributed by atoms with Crippen molar-refractivity contribution in [2.24, 2.45) is 0 Å². The molecule has 1 aliphatic heterocycles. The molecule has 0 aromatic heterocycles. The van der Waals surface area contributed by atoms with Crippen LogP contribution in [0.1, 0.15) is 6.42 Å². The zero-order chi connectivity index (χ0) is 9.52. The van der Waals surface area contributed by atoms with Gasteiger partial charge in [-0.1, -0.05) is 15.9 Å². The van der Waals surface area contributed by atoms with Gasteiger partial charge in [0.15, 0.2) is 0 Å². The minimum Gasteiger partial charge on any atom is -0.378 e. The van der Waals surface area contributed by atoms with Gasteiger partial charge in [0.1, 0.15) is 0 Å². The monoisotopic (exact) mass is 267 g/mol. The van der Waals surface area contributed by atoms with Gasteiger partial charge in [-0.25, -0.2) is 0 Å². The molecule has 0 radical (unpaired) electrons. The second kappa shape index (κ2) is 7.10. The van der Waals surface area contributed by atoms with Crippen LogP contribution in [0, 0.1) is 0 Å². The Morgan fingerprint density at radius 1 is 1.62 bits per heavy atom. The van der Waals surface area contributed by atoms with Gasteiger partial charge in [-0.2, -0.15) is 11.8 Å². The maximum Gasteiger partial charge on any atom is 0.0630 e. The van der Waals surface area contributed by atoms with Crippen LogP contribution in [0.15, 0.2) is 0 Å². The van der Waals surface area contributed by atoms with Gasteiger partial charge in [-0.15, -0.1) is 0 Å². The topological polar surface area (TPSA) is 12.5 Å². The quantitative estimate of drug-likeness (QED) is 0.557. The van der Waals surface area contributed by atoms with Gasteiger partial charge in [-0.05, 0) is 25.0 Å². The van der Waals surface area contributed by atoms with Crippen LogP contribution in [0.4, 0.5) is 0 Å². The van der Waals surface area contributed by atoms with E-state index in [1.165, 1.54) is 18.7 Å². The fourth-order valence-corrected chi connectivity index (χ4v) is 2.55. The van der Waals surface area contributed by atoms with Gasteiger partial charge in [-0.3, -0.25) is 4.90 Å². The standard InChI is InChI=1S/C9H18BrNOS/c1-13-6-2-3-11-4-5-12-8-9(11)7-10/h9H,2-8H2,1H3. The predicted molar refractivity (Wildman–Crippen MR) is 63.0 cm³/mol. The van der Waals surface area contributed by atoms with E-state index in [1.807, 2.05) is 11.8 Å². The Bertz CT molecular complexity index is 137. The number of morpholine rings is 1. The number of hydrogen-bond acceptors (Lipinski definition) is 3. The van der Waals surface area contributed by atoms with Crippen LogP contribution in [-0.4, -0.2) is 54.6 Å². The molecule has 13 heavy (non-hydrogen) atoms. The highest BCUT2D eigenvalue weighted by atomic mass is 79.9. The summed E-state index contributed by atoms with van der Waals surface area (Å²) in [5.74, 6) is 1.27. The van der Waals surface area contributed by atoms with Crippen LogP contribution in [0.5, 0.6) is 0 Å². The summed E-state index contributed by atoms with van der Waals surface area (Å²) in [5, 5.41) is 1.03. The molecule has 1 unspecified atom stereocenters. The van der Waals surface area contributed by atoms with Gasteiger partial charge < -0.3 is 4.74 Å². The van der Waals surface area contributed by atoms with E-state index in [0.29, 0.717) is 6.04 Å². The number of rotatable bonds is 5. The highest BCUT2D eigenvalue weighted by Gasteiger charge is 2.20. The van der Waals surface area contributed by atoms with Gasteiger partial charge >= 0.3 is 0 Å². The first kappa shape index (κ1) is 11.8. The minimum atomic E-state index is 0.593. The molecule has 0 aromatic carbocycles.